The van der Waals surface area contributed by atoms with Crippen LogP contribution in [0.25, 0.3) is 0 Å². The largest absolute Gasteiger partial charge is 0.320 e. The van der Waals surface area contributed by atoms with Crippen molar-refractivity contribution in [1.29, 1.82) is 0 Å². The Bertz CT molecular complexity index is 271. The molecule has 0 radical (unpaired) electrons. The van der Waals surface area contributed by atoms with Gasteiger partial charge in [-0.25, -0.2) is 4.72 Å². The molecule has 0 aromatic rings. The van der Waals surface area contributed by atoms with Crippen molar-refractivity contribution in [3.05, 3.63) is 0 Å². The molecule has 0 aromatic carbocycles. The van der Waals surface area contributed by atoms with E-state index in [4.69, 9.17) is 0 Å². The summed E-state index contributed by atoms with van der Waals surface area (Å²) in [5.74, 6) is 0.667. The smallest absolute Gasteiger partial charge is 0.279 e. The second-order valence-corrected chi connectivity index (χ2v) is 5.82. The zero-order chi connectivity index (χ0) is 11.3. The standard InChI is InChI=1S/C9H21N3O2S/c1-10-6-3-9-4-7-12(8-5-9)15(13,14)11-2/h9-11H,3-8H2,1-2H3. The number of hydrogen-bond acceptors (Lipinski definition) is 3. The van der Waals surface area contributed by atoms with Crippen LogP contribution >= 0.6 is 0 Å². The molecule has 0 spiro atoms. The van der Waals surface area contributed by atoms with Gasteiger partial charge in [-0.1, -0.05) is 0 Å². The maximum Gasteiger partial charge on any atom is 0.279 e. The van der Waals surface area contributed by atoms with Crippen molar-refractivity contribution in [2.45, 2.75) is 19.3 Å². The van der Waals surface area contributed by atoms with Crippen molar-refractivity contribution in [1.82, 2.24) is 14.3 Å². The van der Waals surface area contributed by atoms with E-state index in [9.17, 15) is 8.42 Å². The van der Waals surface area contributed by atoms with Crippen LogP contribution in [0, 0.1) is 5.92 Å². The monoisotopic (exact) mass is 235 g/mol. The van der Waals surface area contributed by atoms with Crippen LogP contribution in [0.5, 0.6) is 0 Å². The van der Waals surface area contributed by atoms with Gasteiger partial charge in [-0.2, -0.15) is 12.7 Å². The third-order valence-corrected chi connectivity index (χ3v) is 4.53. The molecule has 0 bridgehead atoms. The van der Waals surface area contributed by atoms with E-state index in [-0.39, 0.29) is 0 Å². The van der Waals surface area contributed by atoms with E-state index in [0.29, 0.717) is 19.0 Å². The minimum Gasteiger partial charge on any atom is -0.320 e. The van der Waals surface area contributed by atoms with Gasteiger partial charge in [-0.3, -0.25) is 0 Å². The Morgan fingerprint density at radius 1 is 1.27 bits per heavy atom. The number of nitrogens with zero attached hydrogens (tertiary/aromatic N) is 1. The first kappa shape index (κ1) is 12.9. The average Bonchev–Trinajstić information content (AvgIpc) is 2.27. The summed E-state index contributed by atoms with van der Waals surface area (Å²) in [6.07, 6.45) is 3.09. The van der Waals surface area contributed by atoms with E-state index in [1.807, 2.05) is 7.05 Å². The summed E-state index contributed by atoms with van der Waals surface area (Å²) in [5, 5.41) is 3.12. The quantitative estimate of drug-likeness (QED) is 0.692. The third-order valence-electron chi connectivity index (χ3n) is 2.97. The van der Waals surface area contributed by atoms with E-state index < -0.39 is 10.2 Å². The summed E-state index contributed by atoms with van der Waals surface area (Å²) in [7, 11) is 0.208. The molecule has 5 nitrogen and oxygen atoms in total. The zero-order valence-electron chi connectivity index (χ0n) is 9.49. The van der Waals surface area contributed by atoms with Gasteiger partial charge in [0.25, 0.3) is 10.2 Å². The Balaban J connectivity index is 2.36. The highest BCUT2D eigenvalue weighted by Gasteiger charge is 2.26. The van der Waals surface area contributed by atoms with Crippen LogP contribution in [-0.4, -0.2) is 46.5 Å². The van der Waals surface area contributed by atoms with Gasteiger partial charge in [0.15, 0.2) is 0 Å². The second kappa shape index (κ2) is 5.79. The Hall–Kier alpha value is -0.170. The van der Waals surface area contributed by atoms with Crippen LogP contribution in [0.3, 0.4) is 0 Å². The lowest BCUT2D eigenvalue weighted by molar-refractivity contribution is 0.261. The maximum atomic E-state index is 11.5. The fourth-order valence-corrected chi connectivity index (χ4v) is 2.87. The van der Waals surface area contributed by atoms with Crippen LogP contribution in [-0.2, 0) is 10.2 Å². The van der Waals surface area contributed by atoms with E-state index >= 15 is 0 Å². The lowest BCUT2D eigenvalue weighted by Gasteiger charge is -2.30. The molecule has 1 heterocycles. The first-order valence-corrected chi connectivity index (χ1v) is 6.87. The Labute approximate surface area is 92.4 Å². The number of rotatable bonds is 5. The summed E-state index contributed by atoms with van der Waals surface area (Å²) in [6.45, 7) is 2.32. The highest BCUT2D eigenvalue weighted by molar-refractivity contribution is 7.87. The van der Waals surface area contributed by atoms with Gasteiger partial charge in [0.1, 0.15) is 0 Å². The van der Waals surface area contributed by atoms with Gasteiger partial charge >= 0.3 is 0 Å². The van der Waals surface area contributed by atoms with Crippen molar-refractivity contribution in [3.8, 4) is 0 Å². The van der Waals surface area contributed by atoms with E-state index in [1.165, 1.54) is 11.4 Å². The van der Waals surface area contributed by atoms with Crippen LogP contribution in [0.4, 0.5) is 0 Å². The Morgan fingerprint density at radius 2 is 1.87 bits per heavy atom. The molecule has 0 atom stereocenters. The SMILES string of the molecule is CNCCC1CCN(S(=O)(=O)NC)CC1. The van der Waals surface area contributed by atoms with Gasteiger partial charge in [0, 0.05) is 20.1 Å². The van der Waals surface area contributed by atoms with Crippen LogP contribution in [0.1, 0.15) is 19.3 Å². The lowest BCUT2D eigenvalue weighted by Crippen LogP contribution is -2.43. The van der Waals surface area contributed by atoms with Crippen molar-refractivity contribution >= 4 is 10.2 Å². The molecule has 2 N–H and O–H groups in total. The molecule has 0 aliphatic carbocycles. The predicted octanol–water partition coefficient (Wildman–Crippen LogP) is -0.228. The fraction of sp³-hybridized carbons (Fsp3) is 1.00. The highest BCUT2D eigenvalue weighted by atomic mass is 32.2. The molecule has 1 aliphatic rings. The van der Waals surface area contributed by atoms with Gasteiger partial charge in [0.05, 0.1) is 0 Å². The molecule has 0 aromatic heterocycles. The number of piperidine rings is 1. The van der Waals surface area contributed by atoms with Crippen molar-refractivity contribution in [2.75, 3.05) is 33.7 Å². The van der Waals surface area contributed by atoms with Crippen LogP contribution < -0.4 is 10.0 Å². The Morgan fingerprint density at radius 3 is 2.33 bits per heavy atom. The topological polar surface area (TPSA) is 61.4 Å². The molecule has 90 valence electrons. The molecule has 0 amide bonds. The van der Waals surface area contributed by atoms with Crippen molar-refractivity contribution in [3.63, 3.8) is 0 Å². The molecule has 1 rings (SSSR count). The zero-order valence-corrected chi connectivity index (χ0v) is 10.3. The normalized spacial score (nSPS) is 20.7. The van der Waals surface area contributed by atoms with E-state index in [1.54, 1.807) is 0 Å². The van der Waals surface area contributed by atoms with Gasteiger partial charge in [-0.05, 0) is 38.8 Å². The molecule has 0 saturated carbocycles. The second-order valence-electron chi connectivity index (χ2n) is 3.94. The maximum absolute atomic E-state index is 11.5. The third kappa shape index (κ3) is 3.71. The van der Waals surface area contributed by atoms with Gasteiger partial charge in [0.2, 0.25) is 0 Å². The van der Waals surface area contributed by atoms with Gasteiger partial charge in [-0.15, -0.1) is 0 Å². The summed E-state index contributed by atoms with van der Waals surface area (Å²) < 4.78 is 26.8. The minimum atomic E-state index is -3.20. The van der Waals surface area contributed by atoms with Gasteiger partial charge < -0.3 is 5.32 Å². The van der Waals surface area contributed by atoms with Crippen LogP contribution in [0.2, 0.25) is 0 Å². The summed E-state index contributed by atoms with van der Waals surface area (Å²) in [5.41, 5.74) is 0. The van der Waals surface area contributed by atoms with E-state index in [0.717, 1.165) is 25.8 Å². The Kier molecular flexibility index (Phi) is 4.98. The van der Waals surface area contributed by atoms with E-state index in [2.05, 4.69) is 10.0 Å². The van der Waals surface area contributed by atoms with Crippen molar-refractivity contribution < 1.29 is 8.42 Å². The molecule has 6 heteroatoms. The average molecular weight is 235 g/mol. The fourth-order valence-electron chi connectivity index (χ4n) is 1.92. The summed E-state index contributed by atoms with van der Waals surface area (Å²) in [4.78, 5) is 0. The molecular formula is C9H21N3O2S. The molecule has 15 heavy (non-hydrogen) atoms. The number of hydrogen-bond donors (Lipinski definition) is 2. The van der Waals surface area contributed by atoms with Crippen molar-refractivity contribution in [2.24, 2.45) is 5.92 Å². The highest BCUT2D eigenvalue weighted by Crippen LogP contribution is 2.21. The first-order valence-electron chi connectivity index (χ1n) is 5.43. The molecule has 1 saturated heterocycles. The molecule has 1 fully saturated rings. The predicted molar refractivity (Wildman–Crippen MR) is 60.8 cm³/mol. The molecular weight excluding hydrogens is 214 g/mol. The molecule has 0 unspecified atom stereocenters. The summed E-state index contributed by atoms with van der Waals surface area (Å²) >= 11 is 0. The molecule has 1 aliphatic heterocycles. The minimum absolute atomic E-state index is 0.650. The van der Waals surface area contributed by atoms with Crippen LogP contribution in [0.15, 0.2) is 0 Å². The number of nitrogens with one attached hydrogen (secondary N) is 2. The summed E-state index contributed by atoms with van der Waals surface area (Å²) in [6, 6.07) is 0. The first-order chi connectivity index (χ1) is 7.10. The lowest BCUT2D eigenvalue weighted by atomic mass is 9.95.